The number of aryl methyl sites for hydroxylation is 2. The molecule has 0 N–H and O–H groups in total. The molecule has 0 bridgehead atoms. The number of nitro benzene ring substituents is 1. The minimum atomic E-state index is -0.394. The predicted molar refractivity (Wildman–Crippen MR) is 135 cm³/mol. The van der Waals surface area contributed by atoms with E-state index in [2.05, 4.69) is 4.57 Å². The van der Waals surface area contributed by atoms with Gasteiger partial charge in [0.15, 0.2) is 5.16 Å². The molecule has 1 heterocycles. The highest BCUT2D eigenvalue weighted by atomic mass is 32.2. The molecule has 0 aliphatic rings. The molecule has 0 saturated heterocycles. The van der Waals surface area contributed by atoms with Crippen LogP contribution in [0.1, 0.15) is 28.4 Å². The van der Waals surface area contributed by atoms with Crippen molar-refractivity contribution in [2.45, 2.75) is 30.8 Å². The maximum atomic E-state index is 12.2. The zero-order valence-electron chi connectivity index (χ0n) is 19.5. The molecule has 0 amide bonds. The molecule has 0 spiro atoms. The molecule has 4 aromatic rings. The van der Waals surface area contributed by atoms with Crippen LogP contribution in [-0.4, -0.2) is 34.2 Å². The van der Waals surface area contributed by atoms with E-state index in [-0.39, 0.29) is 11.7 Å². The van der Waals surface area contributed by atoms with Crippen LogP contribution in [0.5, 0.6) is 5.75 Å². The number of benzene rings is 3. The van der Waals surface area contributed by atoms with Gasteiger partial charge in [-0.05, 0) is 54.8 Å². The Bertz CT molecular complexity index is 1350. The molecule has 3 aromatic carbocycles. The Labute approximate surface area is 207 Å². The Balaban J connectivity index is 1.62. The van der Waals surface area contributed by atoms with E-state index < -0.39 is 4.92 Å². The van der Waals surface area contributed by atoms with E-state index >= 15 is 0 Å². The van der Waals surface area contributed by atoms with Gasteiger partial charge in [0, 0.05) is 24.4 Å². The van der Waals surface area contributed by atoms with Crippen molar-refractivity contribution in [2.24, 2.45) is 0 Å². The highest BCUT2D eigenvalue weighted by Gasteiger charge is 2.16. The fraction of sp³-hybridized carbons (Fsp3) is 0.231. The maximum Gasteiger partial charge on any atom is 0.338 e. The molecule has 0 aliphatic carbocycles. The Hall–Kier alpha value is -3.85. The van der Waals surface area contributed by atoms with Crippen molar-refractivity contribution in [2.75, 3.05) is 13.7 Å². The highest BCUT2D eigenvalue weighted by Crippen LogP contribution is 2.29. The number of fused-ring (bicyclic) bond motifs is 1. The van der Waals surface area contributed by atoms with Gasteiger partial charge >= 0.3 is 5.97 Å². The van der Waals surface area contributed by atoms with Crippen LogP contribution in [0.2, 0.25) is 0 Å². The van der Waals surface area contributed by atoms with E-state index in [1.54, 1.807) is 38.3 Å². The van der Waals surface area contributed by atoms with Crippen molar-refractivity contribution in [3.8, 4) is 5.75 Å². The average Bonchev–Trinajstić information content (AvgIpc) is 3.23. The van der Waals surface area contributed by atoms with Crippen LogP contribution in [0.15, 0.2) is 71.9 Å². The van der Waals surface area contributed by atoms with Gasteiger partial charge in [-0.15, -0.1) is 0 Å². The first kappa shape index (κ1) is 24.3. The number of ether oxygens (including phenoxy) is 2. The maximum absolute atomic E-state index is 12.2. The third-order valence-corrected chi connectivity index (χ3v) is 6.54. The first-order chi connectivity index (χ1) is 17.0. The third-order valence-electron chi connectivity index (χ3n) is 5.50. The van der Waals surface area contributed by atoms with Gasteiger partial charge in [-0.3, -0.25) is 10.1 Å². The molecule has 180 valence electrons. The molecule has 1 aromatic heterocycles. The quantitative estimate of drug-likeness (QED) is 0.122. The second-order valence-electron chi connectivity index (χ2n) is 7.78. The molecule has 0 aliphatic heterocycles. The summed E-state index contributed by atoms with van der Waals surface area (Å²) in [4.78, 5) is 27.7. The number of thioether (sulfide) groups is 1. The summed E-state index contributed by atoms with van der Waals surface area (Å²) in [5.41, 5.74) is 4.13. The lowest BCUT2D eigenvalue weighted by Crippen LogP contribution is -2.05. The number of esters is 1. The van der Waals surface area contributed by atoms with Gasteiger partial charge in [0.25, 0.3) is 5.69 Å². The van der Waals surface area contributed by atoms with Gasteiger partial charge in [-0.2, -0.15) is 0 Å². The van der Waals surface area contributed by atoms with Gasteiger partial charge in [0.2, 0.25) is 0 Å². The highest BCUT2D eigenvalue weighted by molar-refractivity contribution is 7.98. The third kappa shape index (κ3) is 5.81. The van der Waals surface area contributed by atoms with Gasteiger partial charge in [0.1, 0.15) is 5.75 Å². The molecule has 0 unspecified atom stereocenters. The van der Waals surface area contributed by atoms with Crippen LogP contribution in [0, 0.1) is 10.1 Å². The zero-order chi connectivity index (χ0) is 24.8. The van der Waals surface area contributed by atoms with Crippen LogP contribution >= 0.6 is 11.8 Å². The van der Waals surface area contributed by atoms with Crippen molar-refractivity contribution < 1.29 is 19.2 Å². The normalized spacial score (nSPS) is 10.9. The Morgan fingerprint density at radius 2 is 1.89 bits per heavy atom. The largest absolute Gasteiger partial charge is 0.497 e. The first-order valence-electron chi connectivity index (χ1n) is 11.1. The lowest BCUT2D eigenvalue weighted by Gasteiger charge is -2.10. The van der Waals surface area contributed by atoms with Crippen molar-refractivity contribution in [3.05, 3.63) is 93.5 Å². The zero-order valence-corrected chi connectivity index (χ0v) is 20.3. The number of hydrogen-bond acceptors (Lipinski definition) is 7. The summed E-state index contributed by atoms with van der Waals surface area (Å²) in [6.07, 6.45) is 0.777. The van der Waals surface area contributed by atoms with E-state index in [4.69, 9.17) is 14.5 Å². The fourth-order valence-corrected chi connectivity index (χ4v) is 4.70. The van der Waals surface area contributed by atoms with Crippen molar-refractivity contribution in [1.29, 1.82) is 0 Å². The van der Waals surface area contributed by atoms with E-state index in [9.17, 15) is 14.9 Å². The fourth-order valence-electron chi connectivity index (χ4n) is 3.72. The average molecular weight is 492 g/mol. The van der Waals surface area contributed by atoms with Gasteiger partial charge in [-0.1, -0.05) is 36.0 Å². The number of rotatable bonds is 10. The molecule has 9 heteroatoms. The Morgan fingerprint density at radius 1 is 1.09 bits per heavy atom. The smallest absolute Gasteiger partial charge is 0.338 e. The number of carbonyl (C=O) groups is 1. The second-order valence-corrected chi connectivity index (χ2v) is 8.73. The summed E-state index contributed by atoms with van der Waals surface area (Å²) < 4.78 is 12.5. The van der Waals surface area contributed by atoms with Gasteiger partial charge in [0.05, 0.1) is 35.2 Å². The molecule has 0 saturated carbocycles. The van der Waals surface area contributed by atoms with Crippen LogP contribution < -0.4 is 4.74 Å². The van der Waals surface area contributed by atoms with E-state index in [1.807, 2.05) is 36.4 Å². The predicted octanol–water partition coefficient (Wildman–Crippen LogP) is 5.66. The molecule has 8 nitrogen and oxygen atoms in total. The molecule has 0 radical (unpaired) electrons. The summed E-state index contributed by atoms with van der Waals surface area (Å²) in [6, 6.07) is 19.9. The number of imidazole rings is 1. The minimum absolute atomic E-state index is 0.0650. The number of nitro groups is 1. The number of carbonyl (C=O) groups excluding carboxylic acids is 1. The van der Waals surface area contributed by atoms with Crippen LogP contribution in [-0.2, 0) is 23.5 Å². The van der Waals surface area contributed by atoms with Crippen LogP contribution in [0.4, 0.5) is 5.69 Å². The SMILES string of the molecule is CCOC(=O)c1ccc2c(c1)nc(SCc1cccc([N+](=O)[O-])c1)n2CCc1ccc(OC)cc1. The summed E-state index contributed by atoms with van der Waals surface area (Å²) in [6.45, 7) is 2.75. The molecule has 35 heavy (non-hydrogen) atoms. The van der Waals surface area contributed by atoms with E-state index in [0.717, 1.165) is 34.0 Å². The van der Waals surface area contributed by atoms with E-state index in [0.29, 0.717) is 30.0 Å². The van der Waals surface area contributed by atoms with Gasteiger partial charge < -0.3 is 14.0 Å². The standard InChI is InChI=1S/C26H25N3O5S/c1-3-34-25(30)20-9-12-24-23(16-20)27-26(35-17-19-5-4-6-21(15-19)29(31)32)28(24)14-13-18-7-10-22(33-2)11-8-18/h4-12,15-16H,3,13-14,17H2,1-2H3. The molecule has 0 atom stereocenters. The summed E-state index contributed by atoms with van der Waals surface area (Å²) >= 11 is 1.51. The topological polar surface area (TPSA) is 96.5 Å². The number of aromatic nitrogens is 2. The Morgan fingerprint density at radius 3 is 2.60 bits per heavy atom. The number of non-ortho nitro benzene ring substituents is 1. The lowest BCUT2D eigenvalue weighted by molar-refractivity contribution is -0.384. The van der Waals surface area contributed by atoms with Gasteiger partial charge in [-0.25, -0.2) is 9.78 Å². The lowest BCUT2D eigenvalue weighted by atomic mass is 10.1. The van der Waals surface area contributed by atoms with Crippen LogP contribution in [0.3, 0.4) is 0 Å². The first-order valence-corrected chi connectivity index (χ1v) is 12.1. The minimum Gasteiger partial charge on any atom is -0.497 e. The monoisotopic (exact) mass is 491 g/mol. The van der Waals surface area contributed by atoms with Crippen molar-refractivity contribution in [1.82, 2.24) is 9.55 Å². The Kier molecular flexibility index (Phi) is 7.67. The van der Waals surface area contributed by atoms with Crippen molar-refractivity contribution in [3.63, 3.8) is 0 Å². The van der Waals surface area contributed by atoms with Crippen molar-refractivity contribution >= 4 is 34.5 Å². The molecular formula is C26H25N3O5S. The number of hydrogen-bond donors (Lipinski definition) is 0. The van der Waals surface area contributed by atoms with E-state index in [1.165, 1.54) is 17.8 Å². The number of methoxy groups -OCH3 is 1. The molecule has 0 fully saturated rings. The summed E-state index contributed by atoms with van der Waals surface area (Å²) in [5, 5.41) is 11.9. The summed E-state index contributed by atoms with van der Waals surface area (Å²) in [7, 11) is 1.64. The summed E-state index contributed by atoms with van der Waals surface area (Å²) in [5.74, 6) is 0.952. The second kappa shape index (κ2) is 11.1. The molecule has 4 rings (SSSR count). The number of nitrogens with zero attached hydrogens (tertiary/aromatic N) is 3. The molecular weight excluding hydrogens is 466 g/mol. The van der Waals surface area contributed by atoms with Crippen LogP contribution in [0.25, 0.3) is 11.0 Å².